The van der Waals surface area contributed by atoms with Crippen molar-refractivity contribution in [3.8, 4) is 0 Å². The molecule has 0 saturated carbocycles. The van der Waals surface area contributed by atoms with Gasteiger partial charge in [0.25, 0.3) is 11.8 Å². The molecule has 8 heteroatoms. The minimum absolute atomic E-state index is 0.146. The second-order valence-corrected chi connectivity index (χ2v) is 7.59. The summed E-state index contributed by atoms with van der Waals surface area (Å²) < 4.78 is 12.7. The highest BCUT2D eigenvalue weighted by atomic mass is 16.5. The third kappa shape index (κ3) is 5.09. The second kappa shape index (κ2) is 10.3. The van der Waals surface area contributed by atoms with Gasteiger partial charge in [-0.3, -0.25) is 14.5 Å². The van der Waals surface area contributed by atoms with Crippen molar-refractivity contribution in [3.63, 3.8) is 0 Å². The molecule has 1 aromatic carbocycles. The van der Waals surface area contributed by atoms with Crippen molar-refractivity contribution in [3.05, 3.63) is 65.9 Å². The van der Waals surface area contributed by atoms with Gasteiger partial charge in [0.2, 0.25) is 0 Å². The first-order valence-corrected chi connectivity index (χ1v) is 10.9. The minimum Gasteiger partial charge on any atom is -0.459 e. The molecule has 0 spiro atoms. The van der Waals surface area contributed by atoms with Crippen LogP contribution in [0.3, 0.4) is 0 Å². The number of morpholine rings is 1. The highest BCUT2D eigenvalue weighted by molar-refractivity contribution is 6.05. The molecule has 0 atom stereocenters. The van der Waals surface area contributed by atoms with E-state index in [-0.39, 0.29) is 17.4 Å². The predicted octanol–water partition coefficient (Wildman–Crippen LogP) is 2.47. The first-order chi connectivity index (χ1) is 15.7. The highest BCUT2D eigenvalue weighted by Crippen LogP contribution is 2.23. The Hall–Kier alpha value is -3.36. The molecular formula is C24H28N4O4. The van der Waals surface area contributed by atoms with Crippen molar-refractivity contribution in [2.24, 2.45) is 0 Å². The van der Waals surface area contributed by atoms with E-state index in [4.69, 9.17) is 9.15 Å². The zero-order valence-corrected chi connectivity index (χ0v) is 18.2. The first-order valence-electron chi connectivity index (χ1n) is 10.9. The predicted molar refractivity (Wildman–Crippen MR) is 122 cm³/mol. The zero-order chi connectivity index (χ0) is 22.3. The van der Waals surface area contributed by atoms with Gasteiger partial charge in [-0.05, 0) is 31.2 Å². The fraction of sp³-hybridized carbons (Fsp3) is 0.333. The molecule has 1 fully saturated rings. The van der Waals surface area contributed by atoms with E-state index in [2.05, 4.69) is 27.0 Å². The second-order valence-electron chi connectivity index (χ2n) is 7.59. The van der Waals surface area contributed by atoms with E-state index in [0.717, 1.165) is 42.6 Å². The number of amides is 2. The van der Waals surface area contributed by atoms with Crippen molar-refractivity contribution in [1.29, 1.82) is 0 Å². The molecular weight excluding hydrogens is 408 g/mol. The largest absolute Gasteiger partial charge is 0.459 e. The molecule has 0 bridgehead atoms. The zero-order valence-electron chi connectivity index (χ0n) is 18.2. The Morgan fingerprint density at radius 1 is 1.12 bits per heavy atom. The van der Waals surface area contributed by atoms with Gasteiger partial charge in [0.15, 0.2) is 5.76 Å². The molecule has 32 heavy (non-hydrogen) atoms. The van der Waals surface area contributed by atoms with Crippen LogP contribution in [0.25, 0.3) is 17.0 Å². The van der Waals surface area contributed by atoms with Crippen molar-refractivity contribution >= 4 is 28.8 Å². The molecule has 4 rings (SSSR count). The summed E-state index contributed by atoms with van der Waals surface area (Å²) in [5.74, 6) is -0.664. The van der Waals surface area contributed by atoms with Crippen LogP contribution < -0.4 is 10.6 Å². The lowest BCUT2D eigenvalue weighted by atomic mass is 10.1. The van der Waals surface area contributed by atoms with Crippen LogP contribution in [0.15, 0.2) is 59.0 Å². The van der Waals surface area contributed by atoms with Gasteiger partial charge in [-0.25, -0.2) is 0 Å². The van der Waals surface area contributed by atoms with E-state index < -0.39 is 5.91 Å². The Morgan fingerprint density at radius 2 is 1.94 bits per heavy atom. The molecule has 8 nitrogen and oxygen atoms in total. The summed E-state index contributed by atoms with van der Waals surface area (Å²) in [6.45, 7) is 7.19. The van der Waals surface area contributed by atoms with Crippen LogP contribution in [0.1, 0.15) is 23.0 Å². The molecule has 0 radical (unpaired) electrons. The number of carbonyl (C=O) groups excluding carboxylic acids is 2. The SMILES string of the molecule is CCn1cc(/C=C(\NC(=O)c2ccco2)C(=O)NCCN2CCOCC2)c2ccccc21. The van der Waals surface area contributed by atoms with Crippen LogP contribution in [-0.2, 0) is 16.1 Å². The number of fused-ring (bicyclic) bond motifs is 1. The molecule has 2 aromatic heterocycles. The number of hydrogen-bond acceptors (Lipinski definition) is 5. The molecule has 1 aliphatic heterocycles. The number of furan rings is 1. The van der Waals surface area contributed by atoms with Crippen molar-refractivity contribution < 1.29 is 18.7 Å². The summed E-state index contributed by atoms with van der Waals surface area (Å²) in [6, 6.07) is 11.2. The van der Waals surface area contributed by atoms with Crippen molar-refractivity contribution in [2.45, 2.75) is 13.5 Å². The van der Waals surface area contributed by atoms with Gasteiger partial charge >= 0.3 is 0 Å². The Labute approximate surface area is 186 Å². The van der Waals surface area contributed by atoms with E-state index in [1.165, 1.54) is 6.26 Å². The fourth-order valence-electron chi connectivity index (χ4n) is 3.80. The summed E-state index contributed by atoms with van der Waals surface area (Å²) in [5, 5.41) is 6.66. The summed E-state index contributed by atoms with van der Waals surface area (Å²) in [7, 11) is 0. The first kappa shape index (κ1) is 21.9. The average molecular weight is 437 g/mol. The molecule has 1 saturated heterocycles. The number of para-hydroxylation sites is 1. The average Bonchev–Trinajstić information content (AvgIpc) is 3.48. The van der Waals surface area contributed by atoms with Crippen LogP contribution in [0.4, 0.5) is 0 Å². The van der Waals surface area contributed by atoms with E-state index in [9.17, 15) is 9.59 Å². The summed E-state index contributed by atoms with van der Waals surface area (Å²) in [6.07, 6.45) is 5.14. The molecule has 1 aliphatic rings. The number of carbonyl (C=O) groups is 2. The quantitative estimate of drug-likeness (QED) is 0.530. The maximum absolute atomic E-state index is 13.0. The molecule has 3 aromatic rings. The number of rotatable bonds is 8. The van der Waals surface area contributed by atoms with E-state index >= 15 is 0 Å². The van der Waals surface area contributed by atoms with Crippen molar-refractivity contribution in [1.82, 2.24) is 20.1 Å². The van der Waals surface area contributed by atoms with Gasteiger partial charge in [0.1, 0.15) is 5.70 Å². The van der Waals surface area contributed by atoms with E-state index in [1.54, 1.807) is 18.2 Å². The summed E-state index contributed by atoms with van der Waals surface area (Å²) in [4.78, 5) is 27.9. The summed E-state index contributed by atoms with van der Waals surface area (Å²) in [5.41, 5.74) is 2.11. The minimum atomic E-state index is -0.469. The lowest BCUT2D eigenvalue weighted by molar-refractivity contribution is -0.117. The Bertz CT molecular complexity index is 1090. The third-order valence-corrected chi connectivity index (χ3v) is 5.52. The summed E-state index contributed by atoms with van der Waals surface area (Å²) >= 11 is 0. The van der Waals surface area contributed by atoms with Crippen LogP contribution in [0.2, 0.25) is 0 Å². The molecule has 0 unspecified atom stereocenters. The number of aromatic nitrogens is 1. The van der Waals surface area contributed by atoms with E-state index in [0.29, 0.717) is 19.8 Å². The number of nitrogens with zero attached hydrogens (tertiary/aromatic N) is 2. The third-order valence-electron chi connectivity index (χ3n) is 5.52. The van der Waals surface area contributed by atoms with Gasteiger partial charge in [0, 0.05) is 55.4 Å². The van der Waals surface area contributed by atoms with Gasteiger partial charge in [-0.2, -0.15) is 0 Å². The van der Waals surface area contributed by atoms with Gasteiger partial charge in [0.05, 0.1) is 19.5 Å². The standard InChI is InChI=1S/C24H28N4O4/c1-2-28-17-18(19-6-3-4-7-21(19)28)16-20(26-24(30)22-8-5-13-32-22)23(29)25-9-10-27-11-14-31-15-12-27/h3-8,13,16-17H,2,9-12,14-15H2,1H3,(H,25,29)(H,26,30)/b20-16-. The molecule has 0 aliphatic carbocycles. The monoisotopic (exact) mass is 436 g/mol. The number of hydrogen-bond donors (Lipinski definition) is 2. The number of benzene rings is 1. The fourth-order valence-corrected chi connectivity index (χ4v) is 3.80. The number of ether oxygens (including phenoxy) is 1. The van der Waals surface area contributed by atoms with Crippen LogP contribution in [0, 0.1) is 0 Å². The Morgan fingerprint density at radius 3 is 2.69 bits per heavy atom. The Balaban J connectivity index is 1.56. The number of nitrogens with one attached hydrogen (secondary N) is 2. The molecule has 168 valence electrons. The normalized spacial score (nSPS) is 15.1. The maximum Gasteiger partial charge on any atom is 0.291 e. The maximum atomic E-state index is 13.0. The van der Waals surface area contributed by atoms with Crippen molar-refractivity contribution in [2.75, 3.05) is 39.4 Å². The molecule has 2 N–H and O–H groups in total. The van der Waals surface area contributed by atoms with Crippen LogP contribution in [0.5, 0.6) is 0 Å². The van der Waals surface area contributed by atoms with E-state index in [1.807, 2.05) is 30.5 Å². The van der Waals surface area contributed by atoms with Gasteiger partial charge in [-0.15, -0.1) is 0 Å². The molecule has 3 heterocycles. The molecule has 2 amide bonds. The topological polar surface area (TPSA) is 88.7 Å². The lowest BCUT2D eigenvalue weighted by Crippen LogP contribution is -2.42. The number of aryl methyl sites for hydroxylation is 1. The highest BCUT2D eigenvalue weighted by Gasteiger charge is 2.18. The van der Waals surface area contributed by atoms with Crippen LogP contribution >= 0.6 is 0 Å². The lowest BCUT2D eigenvalue weighted by Gasteiger charge is -2.26. The van der Waals surface area contributed by atoms with Gasteiger partial charge in [-0.1, -0.05) is 18.2 Å². The van der Waals surface area contributed by atoms with Crippen LogP contribution in [-0.4, -0.2) is 60.7 Å². The van der Waals surface area contributed by atoms with Gasteiger partial charge < -0.3 is 24.4 Å². The smallest absolute Gasteiger partial charge is 0.291 e. The Kier molecular flexibility index (Phi) is 7.03.